The van der Waals surface area contributed by atoms with Crippen molar-refractivity contribution in [1.29, 1.82) is 0 Å². The number of carbonyl (C=O) groups is 1. The Kier molecular flexibility index (Phi) is 4.75. The Bertz CT molecular complexity index is 1030. The van der Waals surface area contributed by atoms with Crippen LogP contribution < -0.4 is 16.8 Å². The molecule has 0 saturated carbocycles. The van der Waals surface area contributed by atoms with Gasteiger partial charge in [0.15, 0.2) is 0 Å². The summed E-state index contributed by atoms with van der Waals surface area (Å²) in [5.41, 5.74) is 18.8. The van der Waals surface area contributed by atoms with Crippen LogP contribution in [0.1, 0.15) is 37.1 Å². The molecule has 0 fully saturated rings. The lowest BCUT2D eigenvalue weighted by Gasteiger charge is -2.26. The number of aromatic nitrogens is 1. The van der Waals surface area contributed by atoms with Crippen molar-refractivity contribution >= 4 is 28.2 Å². The van der Waals surface area contributed by atoms with Crippen LogP contribution in [0.25, 0.3) is 10.9 Å². The van der Waals surface area contributed by atoms with Gasteiger partial charge in [-0.25, -0.2) is 0 Å². The molecule has 146 valence electrons. The lowest BCUT2D eigenvalue weighted by atomic mass is 9.91. The van der Waals surface area contributed by atoms with E-state index in [1.54, 1.807) is 0 Å². The van der Waals surface area contributed by atoms with Gasteiger partial charge in [-0.3, -0.25) is 4.79 Å². The second-order valence-corrected chi connectivity index (χ2v) is 8.09. The van der Waals surface area contributed by atoms with Crippen LogP contribution in [-0.4, -0.2) is 16.5 Å². The predicted octanol–water partition coefficient (Wildman–Crippen LogP) is 3.48. The minimum atomic E-state index is -0.000519. The number of fused-ring (bicyclic) bond motifs is 3. The molecule has 0 radical (unpaired) electrons. The van der Waals surface area contributed by atoms with Crippen LogP contribution in [0.3, 0.4) is 0 Å². The summed E-state index contributed by atoms with van der Waals surface area (Å²) in [5.74, 6) is 0.119. The number of hydrogen-bond donors (Lipinski definition) is 3. The van der Waals surface area contributed by atoms with Crippen LogP contribution in [0.4, 0.5) is 11.4 Å². The number of rotatable bonds is 4. The van der Waals surface area contributed by atoms with E-state index in [9.17, 15) is 4.79 Å². The van der Waals surface area contributed by atoms with E-state index >= 15 is 0 Å². The molecule has 1 aliphatic rings. The largest absolute Gasteiger partial charge is 0.399 e. The van der Waals surface area contributed by atoms with E-state index in [0.29, 0.717) is 0 Å². The molecule has 0 aliphatic heterocycles. The van der Waals surface area contributed by atoms with Crippen molar-refractivity contribution < 1.29 is 4.79 Å². The first-order chi connectivity index (χ1) is 13.4. The van der Waals surface area contributed by atoms with Gasteiger partial charge in [0.25, 0.3) is 0 Å². The number of carbonyl (C=O) groups excluding carboxylic acids is 1. The van der Waals surface area contributed by atoms with E-state index in [4.69, 9.17) is 11.5 Å². The van der Waals surface area contributed by atoms with Crippen molar-refractivity contribution in [2.45, 2.75) is 45.7 Å². The summed E-state index contributed by atoms with van der Waals surface area (Å²) in [5, 5.41) is 4.40. The summed E-state index contributed by atoms with van der Waals surface area (Å²) in [6.07, 6.45) is 2.71. The highest BCUT2D eigenvalue weighted by atomic mass is 16.1. The van der Waals surface area contributed by atoms with E-state index in [-0.39, 0.29) is 17.9 Å². The van der Waals surface area contributed by atoms with Gasteiger partial charge < -0.3 is 21.4 Å². The first-order valence-electron chi connectivity index (χ1n) is 9.97. The highest BCUT2D eigenvalue weighted by molar-refractivity contribution is 5.89. The average molecular weight is 377 g/mol. The molecule has 2 aromatic carbocycles. The fourth-order valence-corrected chi connectivity index (χ4v) is 4.19. The van der Waals surface area contributed by atoms with E-state index in [1.165, 1.54) is 22.2 Å². The van der Waals surface area contributed by atoms with E-state index in [2.05, 4.69) is 28.1 Å². The first-order valence-corrected chi connectivity index (χ1v) is 9.97. The van der Waals surface area contributed by atoms with E-state index in [0.717, 1.165) is 42.7 Å². The van der Waals surface area contributed by atoms with Gasteiger partial charge in [-0.05, 0) is 54.7 Å². The minimum absolute atomic E-state index is 0.000519. The van der Waals surface area contributed by atoms with Crippen LogP contribution in [0.5, 0.6) is 0 Å². The van der Waals surface area contributed by atoms with Gasteiger partial charge in [0, 0.05) is 46.5 Å². The molecule has 5 N–H and O–H groups in total. The fourth-order valence-electron chi connectivity index (χ4n) is 4.19. The number of hydrogen-bond acceptors (Lipinski definition) is 3. The number of amides is 1. The summed E-state index contributed by atoms with van der Waals surface area (Å²) < 4.78 is 2.37. The molecule has 1 aliphatic carbocycles. The van der Waals surface area contributed by atoms with Gasteiger partial charge in [-0.1, -0.05) is 32.0 Å². The van der Waals surface area contributed by atoms with Gasteiger partial charge in [0.05, 0.1) is 0 Å². The van der Waals surface area contributed by atoms with Crippen molar-refractivity contribution in [1.82, 2.24) is 9.88 Å². The highest BCUT2D eigenvalue weighted by Crippen LogP contribution is 2.34. The number of benzene rings is 2. The minimum Gasteiger partial charge on any atom is -0.399 e. The second kappa shape index (κ2) is 7.23. The number of nitrogen functional groups attached to an aromatic ring is 2. The summed E-state index contributed by atoms with van der Waals surface area (Å²) in [6.45, 7) is 4.60. The van der Waals surface area contributed by atoms with Crippen molar-refractivity contribution in [2.75, 3.05) is 11.5 Å². The Labute approximate surface area is 165 Å². The molecule has 1 aromatic heterocycles. The van der Waals surface area contributed by atoms with Gasteiger partial charge in [-0.15, -0.1) is 0 Å². The maximum atomic E-state index is 12.2. The quantitative estimate of drug-likeness (QED) is 0.609. The third-order valence-corrected chi connectivity index (χ3v) is 5.75. The van der Waals surface area contributed by atoms with Crippen LogP contribution in [0.15, 0.2) is 42.5 Å². The van der Waals surface area contributed by atoms with Gasteiger partial charge in [0.1, 0.15) is 0 Å². The zero-order valence-electron chi connectivity index (χ0n) is 16.5. The average Bonchev–Trinajstić information content (AvgIpc) is 2.96. The van der Waals surface area contributed by atoms with Crippen LogP contribution in [0, 0.1) is 5.92 Å². The maximum Gasteiger partial charge on any atom is 0.222 e. The Balaban J connectivity index is 1.75. The SMILES string of the molecule is CC(C)C(=O)NC1CCc2c(c3cc(N)ccc3n2Cc2ccccc2N)C1. The maximum absolute atomic E-state index is 12.2. The topological polar surface area (TPSA) is 86.1 Å². The van der Waals surface area contributed by atoms with Gasteiger partial charge in [-0.2, -0.15) is 0 Å². The zero-order valence-corrected chi connectivity index (χ0v) is 16.5. The lowest BCUT2D eigenvalue weighted by molar-refractivity contribution is -0.124. The molecule has 5 heteroatoms. The monoisotopic (exact) mass is 376 g/mol. The molecule has 0 bridgehead atoms. The Morgan fingerprint density at radius 1 is 1.21 bits per heavy atom. The van der Waals surface area contributed by atoms with Crippen molar-refractivity contribution in [3.05, 3.63) is 59.3 Å². The lowest BCUT2D eigenvalue weighted by Crippen LogP contribution is -2.41. The zero-order chi connectivity index (χ0) is 19.8. The highest BCUT2D eigenvalue weighted by Gasteiger charge is 2.27. The molecule has 4 rings (SSSR count). The molecule has 0 saturated heterocycles. The number of anilines is 2. The summed E-state index contributed by atoms with van der Waals surface area (Å²) in [4.78, 5) is 12.2. The third kappa shape index (κ3) is 3.33. The summed E-state index contributed by atoms with van der Waals surface area (Å²) >= 11 is 0. The van der Waals surface area contributed by atoms with Crippen molar-refractivity contribution in [3.63, 3.8) is 0 Å². The normalized spacial score (nSPS) is 16.3. The summed E-state index contributed by atoms with van der Waals surface area (Å²) in [7, 11) is 0. The number of nitrogens with two attached hydrogens (primary N) is 2. The smallest absolute Gasteiger partial charge is 0.222 e. The van der Waals surface area contributed by atoms with E-state index < -0.39 is 0 Å². The fraction of sp³-hybridized carbons (Fsp3) is 0.348. The van der Waals surface area contributed by atoms with Gasteiger partial charge >= 0.3 is 0 Å². The number of nitrogens with one attached hydrogen (secondary N) is 1. The molecule has 1 amide bonds. The van der Waals surface area contributed by atoms with Crippen LogP contribution in [0.2, 0.25) is 0 Å². The molecule has 3 aromatic rings. The molecular weight excluding hydrogens is 348 g/mol. The predicted molar refractivity (Wildman–Crippen MR) is 115 cm³/mol. The second-order valence-electron chi connectivity index (χ2n) is 8.09. The standard InChI is InChI=1S/C23H28N4O/c1-14(2)23(28)26-17-8-10-22-19(12-17)18-11-16(24)7-9-21(18)27(22)13-15-5-3-4-6-20(15)25/h3-7,9,11,14,17H,8,10,12-13,24-25H2,1-2H3,(H,26,28). The van der Waals surface area contributed by atoms with Crippen molar-refractivity contribution in [2.24, 2.45) is 5.92 Å². The molecular formula is C23H28N4O. The first kappa shape index (κ1) is 18.4. The van der Waals surface area contributed by atoms with Crippen molar-refractivity contribution in [3.8, 4) is 0 Å². The summed E-state index contributed by atoms with van der Waals surface area (Å²) in [6, 6.07) is 14.3. The Morgan fingerprint density at radius 2 is 2.00 bits per heavy atom. The molecule has 1 heterocycles. The van der Waals surface area contributed by atoms with Gasteiger partial charge in [0.2, 0.25) is 5.91 Å². The third-order valence-electron chi connectivity index (χ3n) is 5.75. The Morgan fingerprint density at radius 3 is 2.75 bits per heavy atom. The number of para-hydroxylation sites is 1. The molecule has 1 atom stereocenters. The number of nitrogens with zero attached hydrogens (tertiary/aromatic N) is 1. The molecule has 1 unspecified atom stereocenters. The molecule has 5 nitrogen and oxygen atoms in total. The van der Waals surface area contributed by atoms with Crippen LogP contribution in [-0.2, 0) is 24.2 Å². The van der Waals surface area contributed by atoms with Crippen LogP contribution >= 0.6 is 0 Å². The Hall–Kier alpha value is -2.95. The molecule has 28 heavy (non-hydrogen) atoms. The molecule has 0 spiro atoms. The van der Waals surface area contributed by atoms with E-state index in [1.807, 2.05) is 38.1 Å².